The van der Waals surface area contributed by atoms with Crippen LogP contribution in [0.1, 0.15) is 64.5 Å². The molecule has 0 aliphatic heterocycles. The van der Waals surface area contributed by atoms with Crippen LogP contribution in [0.15, 0.2) is 0 Å². The summed E-state index contributed by atoms with van der Waals surface area (Å²) in [5.74, 6) is 1.99. The first-order chi connectivity index (χ1) is 9.65. The number of nitrogens with two attached hydrogens (primary N) is 1. The Morgan fingerprint density at radius 2 is 1.90 bits per heavy atom. The van der Waals surface area contributed by atoms with Crippen molar-refractivity contribution in [3.8, 4) is 0 Å². The van der Waals surface area contributed by atoms with Gasteiger partial charge >= 0.3 is 0 Å². The monoisotopic (exact) mass is 278 g/mol. The molecule has 0 unspecified atom stereocenters. The molecule has 114 valence electrons. The molecule has 0 atom stereocenters. The number of aryl methyl sites for hydroxylation is 2. The van der Waals surface area contributed by atoms with Gasteiger partial charge in [-0.25, -0.2) is 4.68 Å². The van der Waals surface area contributed by atoms with E-state index in [4.69, 9.17) is 5.73 Å². The first kappa shape index (κ1) is 15.2. The zero-order chi connectivity index (χ0) is 14.5. The average Bonchev–Trinajstić information content (AvgIpc) is 2.70. The Kier molecular flexibility index (Phi) is 5.32. The molecule has 0 spiro atoms. The molecule has 1 aliphatic carbocycles. The van der Waals surface area contributed by atoms with Gasteiger partial charge in [-0.05, 0) is 44.9 Å². The highest BCUT2D eigenvalue weighted by atomic mass is 15.3. The van der Waals surface area contributed by atoms with Crippen molar-refractivity contribution in [3.05, 3.63) is 5.69 Å². The lowest BCUT2D eigenvalue weighted by Crippen LogP contribution is -2.27. The third-order valence-corrected chi connectivity index (χ3v) is 4.49. The van der Waals surface area contributed by atoms with Gasteiger partial charge in [-0.2, -0.15) is 5.10 Å². The highest BCUT2D eigenvalue weighted by molar-refractivity contribution is 5.65. The maximum Gasteiger partial charge on any atom is 0.148 e. The van der Waals surface area contributed by atoms with Gasteiger partial charge < -0.3 is 11.1 Å². The van der Waals surface area contributed by atoms with E-state index in [1.54, 1.807) is 0 Å². The molecule has 0 radical (unpaired) electrons. The SMILES string of the molecule is CCCC1CCC(Nc2c(N)c(C)nn2CCC)CC1. The van der Waals surface area contributed by atoms with Gasteiger partial charge in [0.05, 0.1) is 11.4 Å². The van der Waals surface area contributed by atoms with Crippen molar-refractivity contribution in [3.63, 3.8) is 0 Å². The maximum atomic E-state index is 6.18. The van der Waals surface area contributed by atoms with Gasteiger partial charge in [0.15, 0.2) is 0 Å². The lowest BCUT2D eigenvalue weighted by atomic mass is 9.83. The maximum absolute atomic E-state index is 6.18. The summed E-state index contributed by atoms with van der Waals surface area (Å²) >= 11 is 0. The number of nitrogens with zero attached hydrogens (tertiary/aromatic N) is 2. The van der Waals surface area contributed by atoms with Crippen molar-refractivity contribution < 1.29 is 0 Å². The van der Waals surface area contributed by atoms with Crippen molar-refractivity contribution in [2.75, 3.05) is 11.1 Å². The Labute approximate surface area is 123 Å². The van der Waals surface area contributed by atoms with E-state index >= 15 is 0 Å². The molecule has 0 aromatic carbocycles. The summed E-state index contributed by atoms with van der Waals surface area (Å²) < 4.78 is 2.04. The van der Waals surface area contributed by atoms with E-state index in [1.165, 1.54) is 38.5 Å². The third-order valence-electron chi connectivity index (χ3n) is 4.49. The molecule has 1 fully saturated rings. The highest BCUT2D eigenvalue weighted by Gasteiger charge is 2.22. The second kappa shape index (κ2) is 7.00. The molecule has 0 saturated heterocycles. The number of nitrogens with one attached hydrogen (secondary N) is 1. The fourth-order valence-corrected chi connectivity index (χ4v) is 3.32. The van der Waals surface area contributed by atoms with Crippen molar-refractivity contribution >= 4 is 11.5 Å². The van der Waals surface area contributed by atoms with Crippen molar-refractivity contribution in [2.45, 2.75) is 78.3 Å². The van der Waals surface area contributed by atoms with Crippen LogP contribution in [0, 0.1) is 12.8 Å². The summed E-state index contributed by atoms with van der Waals surface area (Å²) in [6, 6.07) is 0.567. The number of nitrogen functional groups attached to an aromatic ring is 1. The van der Waals surface area contributed by atoms with Gasteiger partial charge in [0.2, 0.25) is 0 Å². The van der Waals surface area contributed by atoms with Gasteiger partial charge in [-0.1, -0.05) is 26.7 Å². The van der Waals surface area contributed by atoms with Crippen LogP contribution < -0.4 is 11.1 Å². The topological polar surface area (TPSA) is 55.9 Å². The number of aromatic nitrogens is 2. The molecule has 1 saturated carbocycles. The van der Waals surface area contributed by atoms with Crippen LogP contribution in [-0.4, -0.2) is 15.8 Å². The predicted molar refractivity (Wildman–Crippen MR) is 85.9 cm³/mol. The molecule has 4 nitrogen and oxygen atoms in total. The highest BCUT2D eigenvalue weighted by Crippen LogP contribution is 2.31. The molecule has 3 N–H and O–H groups in total. The van der Waals surface area contributed by atoms with Crippen LogP contribution in [-0.2, 0) is 6.54 Å². The number of hydrogen-bond donors (Lipinski definition) is 2. The Bertz CT molecular complexity index is 416. The number of rotatable bonds is 6. The zero-order valence-electron chi connectivity index (χ0n) is 13.3. The van der Waals surface area contributed by atoms with Crippen LogP contribution in [0.3, 0.4) is 0 Å². The molecule has 1 aromatic heterocycles. The molecular weight excluding hydrogens is 248 g/mol. The van der Waals surface area contributed by atoms with E-state index in [0.29, 0.717) is 6.04 Å². The van der Waals surface area contributed by atoms with E-state index in [1.807, 2.05) is 11.6 Å². The fraction of sp³-hybridized carbons (Fsp3) is 0.812. The van der Waals surface area contributed by atoms with Gasteiger partial charge in [0.1, 0.15) is 5.82 Å². The lowest BCUT2D eigenvalue weighted by molar-refractivity contribution is 0.318. The second-order valence-electron chi connectivity index (χ2n) is 6.22. The third kappa shape index (κ3) is 3.47. The van der Waals surface area contributed by atoms with Gasteiger partial charge in [-0.3, -0.25) is 0 Å². The molecule has 1 heterocycles. The Morgan fingerprint density at radius 3 is 2.50 bits per heavy atom. The van der Waals surface area contributed by atoms with E-state index in [-0.39, 0.29) is 0 Å². The van der Waals surface area contributed by atoms with Crippen molar-refractivity contribution in [1.29, 1.82) is 0 Å². The lowest BCUT2D eigenvalue weighted by Gasteiger charge is -2.29. The van der Waals surface area contributed by atoms with E-state index in [0.717, 1.165) is 36.1 Å². The molecule has 0 bridgehead atoms. The normalized spacial score (nSPS) is 22.9. The Hall–Kier alpha value is -1.19. The smallest absolute Gasteiger partial charge is 0.148 e. The molecule has 20 heavy (non-hydrogen) atoms. The standard InChI is InChI=1S/C16H30N4/c1-4-6-13-7-9-14(10-8-13)18-16-15(17)12(3)19-20(16)11-5-2/h13-14,18H,4-11,17H2,1-3H3. The summed E-state index contributed by atoms with van der Waals surface area (Å²) in [5, 5.41) is 8.20. The first-order valence-corrected chi connectivity index (χ1v) is 8.25. The van der Waals surface area contributed by atoms with E-state index < -0.39 is 0 Å². The molecule has 1 aliphatic rings. The van der Waals surface area contributed by atoms with E-state index in [2.05, 4.69) is 24.3 Å². The van der Waals surface area contributed by atoms with Gasteiger partial charge in [0.25, 0.3) is 0 Å². The summed E-state index contributed by atoms with van der Waals surface area (Å²) in [6.07, 6.45) is 9.03. The first-order valence-electron chi connectivity index (χ1n) is 8.25. The summed E-state index contributed by atoms with van der Waals surface area (Å²) in [5.41, 5.74) is 7.95. The molecule has 1 aromatic rings. The van der Waals surface area contributed by atoms with Crippen LogP contribution in [0.2, 0.25) is 0 Å². The Morgan fingerprint density at radius 1 is 1.20 bits per heavy atom. The minimum atomic E-state index is 0.567. The summed E-state index contributed by atoms with van der Waals surface area (Å²) in [4.78, 5) is 0. The predicted octanol–water partition coefficient (Wildman–Crippen LogP) is 3.95. The van der Waals surface area contributed by atoms with Crippen LogP contribution >= 0.6 is 0 Å². The van der Waals surface area contributed by atoms with Gasteiger partial charge in [-0.15, -0.1) is 0 Å². The van der Waals surface area contributed by atoms with Crippen LogP contribution in [0.4, 0.5) is 11.5 Å². The summed E-state index contributed by atoms with van der Waals surface area (Å²) in [7, 11) is 0. The molecule has 2 rings (SSSR count). The fourth-order valence-electron chi connectivity index (χ4n) is 3.32. The van der Waals surface area contributed by atoms with E-state index in [9.17, 15) is 0 Å². The quantitative estimate of drug-likeness (QED) is 0.828. The average molecular weight is 278 g/mol. The number of hydrogen-bond acceptors (Lipinski definition) is 3. The minimum Gasteiger partial charge on any atom is -0.394 e. The minimum absolute atomic E-state index is 0.567. The summed E-state index contributed by atoms with van der Waals surface area (Å²) in [6.45, 7) is 7.39. The Balaban J connectivity index is 1.97. The molecule has 0 amide bonds. The zero-order valence-corrected chi connectivity index (χ0v) is 13.3. The van der Waals surface area contributed by atoms with Crippen molar-refractivity contribution in [2.24, 2.45) is 5.92 Å². The van der Waals surface area contributed by atoms with Crippen LogP contribution in [0.5, 0.6) is 0 Å². The largest absolute Gasteiger partial charge is 0.394 e. The molecule has 4 heteroatoms. The number of anilines is 2. The van der Waals surface area contributed by atoms with Crippen LogP contribution in [0.25, 0.3) is 0 Å². The molecular formula is C16H30N4. The van der Waals surface area contributed by atoms with Crippen molar-refractivity contribution in [1.82, 2.24) is 9.78 Å². The second-order valence-corrected chi connectivity index (χ2v) is 6.22. The van der Waals surface area contributed by atoms with Gasteiger partial charge in [0, 0.05) is 12.6 Å².